The summed E-state index contributed by atoms with van der Waals surface area (Å²) < 4.78 is 0. The van der Waals surface area contributed by atoms with Gasteiger partial charge in [0, 0.05) is 19.6 Å². The number of nitrogens with one attached hydrogen (secondary N) is 1. The molecule has 1 rings (SSSR count). The third-order valence-electron chi connectivity index (χ3n) is 2.35. The lowest BCUT2D eigenvalue weighted by molar-refractivity contribution is 0.238. The molecule has 1 aliphatic rings. The summed E-state index contributed by atoms with van der Waals surface area (Å²) in [6, 6.07) is 2.34. The second kappa shape index (κ2) is 4.44. The fraction of sp³-hybridized carbons (Fsp3) is 0.889. The van der Waals surface area contributed by atoms with E-state index in [2.05, 4.69) is 23.2 Å². The van der Waals surface area contributed by atoms with Crippen LogP contribution in [0.1, 0.15) is 13.8 Å². The minimum Gasteiger partial charge on any atom is -0.315 e. The van der Waals surface area contributed by atoms with Crippen LogP contribution in [-0.4, -0.2) is 37.1 Å². The van der Waals surface area contributed by atoms with Gasteiger partial charge < -0.3 is 5.32 Å². The van der Waals surface area contributed by atoms with Gasteiger partial charge in [-0.15, -0.1) is 0 Å². The zero-order valence-electron chi connectivity index (χ0n) is 7.88. The Balaban J connectivity index is 2.47. The maximum atomic E-state index is 8.75. The molecule has 3 heteroatoms. The molecule has 3 nitrogen and oxygen atoms in total. The highest BCUT2D eigenvalue weighted by molar-refractivity contribution is 4.89. The van der Waals surface area contributed by atoms with Gasteiger partial charge in [0.1, 0.15) is 0 Å². The van der Waals surface area contributed by atoms with Gasteiger partial charge in [0.05, 0.1) is 12.1 Å². The van der Waals surface area contributed by atoms with Crippen molar-refractivity contribution in [1.29, 1.82) is 5.26 Å². The molecular weight excluding hydrogens is 150 g/mol. The molecule has 1 saturated heterocycles. The topological polar surface area (TPSA) is 39.1 Å². The summed E-state index contributed by atoms with van der Waals surface area (Å²) in [5.41, 5.74) is 0. The Labute approximate surface area is 74.4 Å². The first kappa shape index (κ1) is 9.50. The first-order valence-corrected chi connectivity index (χ1v) is 4.58. The van der Waals surface area contributed by atoms with Gasteiger partial charge in [-0.05, 0) is 19.4 Å². The zero-order valence-corrected chi connectivity index (χ0v) is 7.88. The van der Waals surface area contributed by atoms with E-state index in [0.717, 1.165) is 26.2 Å². The molecule has 1 fully saturated rings. The van der Waals surface area contributed by atoms with Crippen molar-refractivity contribution in [2.45, 2.75) is 19.9 Å². The molecule has 12 heavy (non-hydrogen) atoms. The van der Waals surface area contributed by atoms with E-state index in [4.69, 9.17) is 5.26 Å². The van der Waals surface area contributed by atoms with Gasteiger partial charge in [0.25, 0.3) is 0 Å². The van der Waals surface area contributed by atoms with E-state index in [1.54, 1.807) is 0 Å². The summed E-state index contributed by atoms with van der Waals surface area (Å²) in [7, 11) is 0. The molecule has 0 aromatic rings. The Kier molecular flexibility index (Phi) is 3.51. The first-order valence-electron chi connectivity index (χ1n) is 4.58. The smallest absolute Gasteiger partial charge is 0.0949 e. The molecule has 1 heterocycles. The highest BCUT2D eigenvalue weighted by Gasteiger charge is 2.18. The predicted molar refractivity (Wildman–Crippen MR) is 48.7 cm³/mol. The largest absolute Gasteiger partial charge is 0.315 e. The number of nitriles is 1. The summed E-state index contributed by atoms with van der Waals surface area (Å²) in [4.78, 5) is 2.24. The fourth-order valence-electron chi connectivity index (χ4n) is 1.56. The summed E-state index contributed by atoms with van der Waals surface area (Å²) in [6.07, 6.45) is 0. The van der Waals surface area contributed by atoms with Gasteiger partial charge in [0.15, 0.2) is 0 Å². The molecule has 0 aromatic heterocycles. The van der Waals surface area contributed by atoms with Crippen LogP contribution in [0.5, 0.6) is 0 Å². The van der Waals surface area contributed by atoms with Gasteiger partial charge in [-0.2, -0.15) is 5.26 Å². The van der Waals surface area contributed by atoms with Crippen molar-refractivity contribution in [2.75, 3.05) is 26.2 Å². The summed E-state index contributed by atoms with van der Waals surface area (Å²) in [6.45, 7) is 8.32. The number of rotatable bonds is 1. The van der Waals surface area contributed by atoms with E-state index in [9.17, 15) is 0 Å². The average molecular weight is 167 g/mol. The van der Waals surface area contributed by atoms with Crippen molar-refractivity contribution < 1.29 is 0 Å². The van der Waals surface area contributed by atoms with Crippen LogP contribution in [0.4, 0.5) is 0 Å². The standard InChI is InChI=1S/C9H17N3/c1-8-6-11-3-4-12(7-8)9(2)5-10/h8-9,11H,3-4,6-7H2,1-2H3. The summed E-state index contributed by atoms with van der Waals surface area (Å²) in [5.74, 6) is 0.656. The van der Waals surface area contributed by atoms with Crippen LogP contribution < -0.4 is 5.32 Å². The molecule has 0 aliphatic carbocycles. The van der Waals surface area contributed by atoms with Crippen molar-refractivity contribution in [2.24, 2.45) is 5.92 Å². The molecular formula is C9H17N3. The Morgan fingerprint density at radius 2 is 2.42 bits per heavy atom. The van der Waals surface area contributed by atoms with Gasteiger partial charge in [-0.25, -0.2) is 0 Å². The van der Waals surface area contributed by atoms with Crippen LogP contribution in [0.3, 0.4) is 0 Å². The Bertz CT molecular complexity index is 173. The van der Waals surface area contributed by atoms with Crippen molar-refractivity contribution in [3.8, 4) is 6.07 Å². The normalized spacial score (nSPS) is 28.9. The maximum Gasteiger partial charge on any atom is 0.0949 e. The predicted octanol–water partition coefficient (Wildman–Crippen LogP) is 0.440. The van der Waals surface area contributed by atoms with Crippen LogP contribution in [0.25, 0.3) is 0 Å². The van der Waals surface area contributed by atoms with Crippen LogP contribution in [0, 0.1) is 17.2 Å². The molecule has 0 bridgehead atoms. The molecule has 0 aromatic carbocycles. The fourth-order valence-corrected chi connectivity index (χ4v) is 1.56. The van der Waals surface area contributed by atoms with Crippen LogP contribution >= 0.6 is 0 Å². The lowest BCUT2D eigenvalue weighted by Gasteiger charge is -2.23. The Hall–Kier alpha value is -0.590. The zero-order chi connectivity index (χ0) is 8.97. The van der Waals surface area contributed by atoms with Crippen molar-refractivity contribution in [3.05, 3.63) is 0 Å². The molecule has 2 atom stereocenters. The van der Waals surface area contributed by atoms with Crippen LogP contribution in [0.15, 0.2) is 0 Å². The second-order valence-electron chi connectivity index (χ2n) is 3.61. The minimum absolute atomic E-state index is 0.0624. The Morgan fingerprint density at radius 1 is 1.67 bits per heavy atom. The monoisotopic (exact) mass is 167 g/mol. The van der Waals surface area contributed by atoms with Crippen molar-refractivity contribution in [1.82, 2.24) is 10.2 Å². The summed E-state index contributed by atoms with van der Waals surface area (Å²) >= 11 is 0. The Morgan fingerprint density at radius 3 is 3.08 bits per heavy atom. The van der Waals surface area contributed by atoms with Crippen molar-refractivity contribution >= 4 is 0 Å². The van der Waals surface area contributed by atoms with E-state index in [1.807, 2.05) is 6.92 Å². The van der Waals surface area contributed by atoms with Gasteiger partial charge >= 0.3 is 0 Å². The lowest BCUT2D eigenvalue weighted by Crippen LogP contribution is -2.36. The van der Waals surface area contributed by atoms with E-state index >= 15 is 0 Å². The van der Waals surface area contributed by atoms with E-state index in [0.29, 0.717) is 5.92 Å². The number of hydrogen-bond acceptors (Lipinski definition) is 3. The van der Waals surface area contributed by atoms with E-state index < -0.39 is 0 Å². The summed E-state index contributed by atoms with van der Waals surface area (Å²) in [5, 5.41) is 12.1. The lowest BCUT2D eigenvalue weighted by atomic mass is 10.1. The maximum absolute atomic E-state index is 8.75. The molecule has 68 valence electrons. The molecule has 1 aliphatic heterocycles. The highest BCUT2D eigenvalue weighted by atomic mass is 15.2. The number of nitrogens with zero attached hydrogens (tertiary/aromatic N) is 2. The van der Waals surface area contributed by atoms with Crippen LogP contribution in [-0.2, 0) is 0 Å². The van der Waals surface area contributed by atoms with E-state index in [-0.39, 0.29) is 6.04 Å². The molecule has 0 saturated carbocycles. The van der Waals surface area contributed by atoms with Gasteiger partial charge in [0.2, 0.25) is 0 Å². The minimum atomic E-state index is 0.0624. The molecule has 0 radical (unpaired) electrons. The molecule has 0 spiro atoms. The van der Waals surface area contributed by atoms with Gasteiger partial charge in [-0.3, -0.25) is 4.90 Å². The van der Waals surface area contributed by atoms with E-state index in [1.165, 1.54) is 0 Å². The molecule has 0 amide bonds. The van der Waals surface area contributed by atoms with Crippen molar-refractivity contribution in [3.63, 3.8) is 0 Å². The van der Waals surface area contributed by atoms with Gasteiger partial charge in [-0.1, -0.05) is 6.92 Å². The van der Waals surface area contributed by atoms with Crippen LogP contribution in [0.2, 0.25) is 0 Å². The third-order valence-corrected chi connectivity index (χ3v) is 2.35. The molecule has 2 unspecified atom stereocenters. The second-order valence-corrected chi connectivity index (χ2v) is 3.61. The average Bonchev–Trinajstić information content (AvgIpc) is 2.28. The SMILES string of the molecule is CC1CNCCN(C(C)C#N)C1. The quantitative estimate of drug-likeness (QED) is 0.616. The third kappa shape index (κ3) is 2.47. The molecule has 1 N–H and O–H groups in total. The highest BCUT2D eigenvalue weighted by Crippen LogP contribution is 2.05. The number of hydrogen-bond donors (Lipinski definition) is 1. The first-order chi connectivity index (χ1) is 5.74.